The summed E-state index contributed by atoms with van der Waals surface area (Å²) >= 11 is 0. The molecule has 0 unspecified atom stereocenters. The zero-order valence-corrected chi connectivity index (χ0v) is 13.5. The molecule has 4 heterocycles. The van der Waals surface area contributed by atoms with Gasteiger partial charge >= 0.3 is 0 Å². The second-order valence-electron chi connectivity index (χ2n) is 6.14. The minimum Gasteiger partial charge on any atom is -0.356 e. The molecule has 0 atom stereocenters. The highest BCUT2D eigenvalue weighted by atomic mass is 16.1. The fourth-order valence-corrected chi connectivity index (χ4v) is 3.15. The lowest BCUT2D eigenvalue weighted by Gasteiger charge is -2.19. The zero-order chi connectivity index (χ0) is 16.5. The van der Waals surface area contributed by atoms with Crippen LogP contribution in [0, 0.1) is 6.92 Å². The van der Waals surface area contributed by atoms with Gasteiger partial charge in [0.05, 0.1) is 5.39 Å². The van der Waals surface area contributed by atoms with Gasteiger partial charge in [-0.2, -0.15) is 0 Å². The molecular weight excluding hydrogens is 302 g/mol. The van der Waals surface area contributed by atoms with Crippen molar-refractivity contribution in [3.05, 3.63) is 52.6 Å². The molecular formula is C18H19N5O. The number of hydrogen-bond donors (Lipinski definition) is 2. The van der Waals surface area contributed by atoms with Crippen molar-refractivity contribution in [1.29, 1.82) is 0 Å². The third-order valence-electron chi connectivity index (χ3n) is 4.31. The van der Waals surface area contributed by atoms with Crippen LogP contribution in [0.3, 0.4) is 0 Å². The number of nitrogens with zero attached hydrogens (tertiary/aromatic N) is 3. The fraction of sp³-hybridized carbons (Fsp3) is 0.278. The van der Waals surface area contributed by atoms with Gasteiger partial charge in [-0.1, -0.05) is 0 Å². The van der Waals surface area contributed by atoms with Crippen LogP contribution >= 0.6 is 0 Å². The highest BCUT2D eigenvalue weighted by Crippen LogP contribution is 2.28. The van der Waals surface area contributed by atoms with Gasteiger partial charge in [0.2, 0.25) is 0 Å². The van der Waals surface area contributed by atoms with Gasteiger partial charge in [-0.25, -0.2) is 9.97 Å². The normalized spacial score (nSPS) is 14.3. The van der Waals surface area contributed by atoms with Crippen LogP contribution < -0.4 is 15.8 Å². The molecule has 1 aliphatic heterocycles. The third-order valence-corrected chi connectivity index (χ3v) is 4.31. The molecule has 0 aromatic carbocycles. The van der Waals surface area contributed by atoms with Crippen molar-refractivity contribution in [2.24, 2.45) is 0 Å². The van der Waals surface area contributed by atoms with Crippen LogP contribution in [0.2, 0.25) is 0 Å². The lowest BCUT2D eigenvalue weighted by atomic mass is 10.2. The summed E-state index contributed by atoms with van der Waals surface area (Å²) in [4.78, 5) is 26.3. The van der Waals surface area contributed by atoms with E-state index in [1.54, 1.807) is 12.4 Å². The van der Waals surface area contributed by atoms with Gasteiger partial charge in [0, 0.05) is 25.5 Å². The van der Waals surface area contributed by atoms with Gasteiger partial charge < -0.3 is 15.2 Å². The first-order chi connectivity index (χ1) is 11.7. The van der Waals surface area contributed by atoms with Crippen LogP contribution in [0.1, 0.15) is 18.4 Å². The van der Waals surface area contributed by atoms with E-state index in [4.69, 9.17) is 4.98 Å². The molecule has 6 heteroatoms. The topological polar surface area (TPSA) is 73.9 Å². The van der Waals surface area contributed by atoms with E-state index < -0.39 is 0 Å². The van der Waals surface area contributed by atoms with Gasteiger partial charge in [-0.3, -0.25) is 4.79 Å². The van der Waals surface area contributed by atoms with E-state index in [0.717, 1.165) is 48.5 Å². The number of nitrogens with one attached hydrogen (secondary N) is 2. The first kappa shape index (κ1) is 14.7. The van der Waals surface area contributed by atoms with Crippen LogP contribution in [0.15, 0.2) is 41.5 Å². The predicted molar refractivity (Wildman–Crippen MR) is 96.1 cm³/mol. The van der Waals surface area contributed by atoms with E-state index >= 15 is 0 Å². The maximum absolute atomic E-state index is 12.3. The molecule has 2 N–H and O–H groups in total. The number of hydrogen-bond acceptors (Lipinski definition) is 5. The zero-order valence-electron chi connectivity index (χ0n) is 13.5. The van der Waals surface area contributed by atoms with Crippen LogP contribution in [-0.2, 0) is 0 Å². The van der Waals surface area contributed by atoms with Crippen molar-refractivity contribution in [1.82, 2.24) is 15.0 Å². The molecule has 0 aliphatic carbocycles. The Morgan fingerprint density at radius 1 is 1.17 bits per heavy atom. The smallest absolute Gasteiger partial charge is 0.259 e. The third kappa shape index (κ3) is 2.71. The Kier molecular flexibility index (Phi) is 3.65. The summed E-state index contributed by atoms with van der Waals surface area (Å²) in [5, 5.41) is 4.79. The van der Waals surface area contributed by atoms with Crippen LogP contribution in [-0.4, -0.2) is 28.0 Å². The summed E-state index contributed by atoms with van der Waals surface area (Å²) < 4.78 is 0. The van der Waals surface area contributed by atoms with Crippen molar-refractivity contribution in [3.63, 3.8) is 0 Å². The Bertz CT molecular complexity index is 944. The molecule has 1 fully saturated rings. The maximum Gasteiger partial charge on any atom is 0.259 e. The van der Waals surface area contributed by atoms with E-state index in [1.165, 1.54) is 0 Å². The minimum atomic E-state index is -0.0952. The van der Waals surface area contributed by atoms with Crippen molar-refractivity contribution in [2.75, 3.05) is 23.3 Å². The largest absolute Gasteiger partial charge is 0.356 e. The Morgan fingerprint density at radius 3 is 2.79 bits per heavy atom. The number of rotatable bonds is 3. The average Bonchev–Trinajstić information content (AvgIpc) is 3.08. The Hall–Kier alpha value is -2.89. The predicted octanol–water partition coefficient (Wildman–Crippen LogP) is 2.97. The number of aromatic amines is 1. The van der Waals surface area contributed by atoms with Crippen molar-refractivity contribution < 1.29 is 0 Å². The molecule has 3 aromatic heterocycles. The van der Waals surface area contributed by atoms with Crippen molar-refractivity contribution >= 4 is 28.2 Å². The monoisotopic (exact) mass is 321 g/mol. The van der Waals surface area contributed by atoms with Gasteiger partial charge in [0.15, 0.2) is 0 Å². The molecule has 3 aromatic rings. The van der Waals surface area contributed by atoms with Gasteiger partial charge in [0.1, 0.15) is 17.5 Å². The fourth-order valence-electron chi connectivity index (χ4n) is 3.15. The van der Waals surface area contributed by atoms with E-state index in [9.17, 15) is 4.79 Å². The van der Waals surface area contributed by atoms with Crippen LogP contribution in [0.25, 0.3) is 10.8 Å². The number of aromatic nitrogens is 3. The van der Waals surface area contributed by atoms with E-state index in [0.29, 0.717) is 11.2 Å². The summed E-state index contributed by atoms with van der Waals surface area (Å²) in [7, 11) is 0. The summed E-state index contributed by atoms with van der Waals surface area (Å²) in [6.45, 7) is 3.89. The van der Waals surface area contributed by atoms with Gasteiger partial charge in [-0.05, 0) is 55.0 Å². The summed E-state index contributed by atoms with van der Waals surface area (Å²) in [6.07, 6.45) is 5.70. The number of aryl methyl sites for hydroxylation is 1. The SMILES string of the molecule is Cc1ccnc(Nc2cc3cc[nH]c(=O)c3c(N3CCCC3)n2)c1. The lowest BCUT2D eigenvalue weighted by molar-refractivity contribution is 0.945. The minimum absolute atomic E-state index is 0.0952. The van der Waals surface area contributed by atoms with Crippen LogP contribution in [0.4, 0.5) is 17.5 Å². The Morgan fingerprint density at radius 2 is 2.00 bits per heavy atom. The van der Waals surface area contributed by atoms with Gasteiger partial charge in [0.25, 0.3) is 5.56 Å². The quantitative estimate of drug-likeness (QED) is 0.776. The van der Waals surface area contributed by atoms with E-state index in [-0.39, 0.29) is 5.56 Å². The molecule has 0 spiro atoms. The molecule has 4 rings (SSSR count). The van der Waals surface area contributed by atoms with E-state index in [2.05, 4.69) is 20.2 Å². The average molecular weight is 321 g/mol. The van der Waals surface area contributed by atoms with E-state index in [1.807, 2.05) is 31.2 Å². The molecule has 0 radical (unpaired) electrons. The number of fused-ring (bicyclic) bond motifs is 1. The Labute approximate surface area is 139 Å². The second kappa shape index (κ2) is 5.96. The molecule has 1 aliphatic rings. The molecule has 122 valence electrons. The van der Waals surface area contributed by atoms with Gasteiger partial charge in [-0.15, -0.1) is 0 Å². The summed E-state index contributed by atoms with van der Waals surface area (Å²) in [6, 6.07) is 7.73. The molecule has 0 saturated carbocycles. The molecule has 6 nitrogen and oxygen atoms in total. The van der Waals surface area contributed by atoms with Crippen LogP contribution in [0.5, 0.6) is 0 Å². The first-order valence-corrected chi connectivity index (χ1v) is 8.18. The Balaban J connectivity index is 1.83. The lowest BCUT2D eigenvalue weighted by Crippen LogP contribution is -2.22. The summed E-state index contributed by atoms with van der Waals surface area (Å²) in [5.74, 6) is 2.20. The second-order valence-corrected chi connectivity index (χ2v) is 6.14. The summed E-state index contributed by atoms with van der Waals surface area (Å²) in [5.41, 5.74) is 1.03. The highest BCUT2D eigenvalue weighted by Gasteiger charge is 2.19. The van der Waals surface area contributed by atoms with Crippen molar-refractivity contribution in [2.45, 2.75) is 19.8 Å². The van der Waals surface area contributed by atoms with Crippen molar-refractivity contribution in [3.8, 4) is 0 Å². The number of anilines is 3. The highest BCUT2D eigenvalue weighted by molar-refractivity contribution is 5.93. The molecule has 0 bridgehead atoms. The molecule has 24 heavy (non-hydrogen) atoms. The standard InChI is InChI=1S/C18H19N5O/c1-12-4-6-19-14(10-12)21-15-11-13-5-7-20-18(24)16(13)17(22-15)23-8-2-3-9-23/h4-7,10-11H,2-3,8-9H2,1H3,(H,20,24)(H,19,21,22). The number of H-pyrrole nitrogens is 1. The molecule has 0 amide bonds. The first-order valence-electron chi connectivity index (χ1n) is 8.18. The molecule has 1 saturated heterocycles. The maximum atomic E-state index is 12.3. The number of pyridine rings is 3.